The van der Waals surface area contributed by atoms with Gasteiger partial charge in [-0.05, 0) is 11.0 Å². The van der Waals surface area contributed by atoms with Crippen molar-refractivity contribution in [3.8, 4) is 0 Å². The Morgan fingerprint density at radius 2 is 1.47 bits per heavy atom. The van der Waals surface area contributed by atoms with Gasteiger partial charge in [0.1, 0.15) is 0 Å². The van der Waals surface area contributed by atoms with E-state index in [4.69, 9.17) is 0 Å². The smallest absolute Gasteiger partial charge is 0.166 e. The minimum Gasteiger partial charge on any atom is -0.166 e. The van der Waals surface area contributed by atoms with Crippen molar-refractivity contribution in [2.75, 3.05) is 0 Å². The zero-order valence-corrected chi connectivity index (χ0v) is 11.4. The summed E-state index contributed by atoms with van der Waals surface area (Å²) < 4.78 is 37.8. The molecule has 90 valence electrons. The summed E-state index contributed by atoms with van der Waals surface area (Å²) in [6, 6.07) is 0. The highest BCUT2D eigenvalue weighted by Gasteiger charge is 2.47. The molecule has 0 nitrogen and oxygen atoms in total. The van der Waals surface area contributed by atoms with Gasteiger partial charge in [-0.25, -0.2) is 0 Å². The Kier molecular flexibility index (Phi) is 3.89. The monoisotopic (exact) mass is 238 g/mol. The van der Waals surface area contributed by atoms with Crippen LogP contribution in [0.5, 0.6) is 0 Å². The number of alkyl halides is 3. The molecule has 0 aromatic heterocycles. The predicted molar refractivity (Wildman–Crippen MR) is 61.7 cm³/mol. The maximum atomic E-state index is 12.6. The van der Waals surface area contributed by atoms with E-state index in [1.807, 2.05) is 6.92 Å². The predicted octanol–water partition coefficient (Wildman–Crippen LogP) is 4.86. The van der Waals surface area contributed by atoms with Crippen LogP contribution >= 0.6 is 0 Å². The summed E-state index contributed by atoms with van der Waals surface area (Å²) in [4.78, 5) is 0. The number of hydrogen-bond acceptors (Lipinski definition) is 0. The SMILES string of the molecule is C=C(C(F)(F)F)C(C)(C)C(C)[Si](C)(C)C. The molecular weight excluding hydrogens is 217 g/mol. The second kappa shape index (κ2) is 3.96. The van der Waals surface area contributed by atoms with Crippen LogP contribution in [0.3, 0.4) is 0 Å². The van der Waals surface area contributed by atoms with E-state index in [1.54, 1.807) is 13.8 Å². The molecule has 1 atom stereocenters. The fourth-order valence-electron chi connectivity index (χ4n) is 1.71. The highest BCUT2D eigenvalue weighted by molar-refractivity contribution is 6.77. The number of rotatable bonds is 3. The molecule has 4 heteroatoms. The lowest BCUT2D eigenvalue weighted by Gasteiger charge is -2.41. The lowest BCUT2D eigenvalue weighted by atomic mass is 9.81. The summed E-state index contributed by atoms with van der Waals surface area (Å²) in [5, 5.41) is 0. The van der Waals surface area contributed by atoms with E-state index in [2.05, 4.69) is 26.2 Å². The molecule has 0 bridgehead atoms. The van der Waals surface area contributed by atoms with Crippen molar-refractivity contribution < 1.29 is 13.2 Å². The van der Waals surface area contributed by atoms with Gasteiger partial charge >= 0.3 is 6.18 Å². The van der Waals surface area contributed by atoms with Crippen LogP contribution in [-0.4, -0.2) is 14.3 Å². The average molecular weight is 238 g/mol. The lowest BCUT2D eigenvalue weighted by Crippen LogP contribution is -2.40. The average Bonchev–Trinajstić information content (AvgIpc) is 1.98. The summed E-state index contributed by atoms with van der Waals surface area (Å²) in [6.07, 6.45) is -4.28. The molecule has 0 rings (SSSR count). The third kappa shape index (κ3) is 3.36. The van der Waals surface area contributed by atoms with Crippen LogP contribution in [-0.2, 0) is 0 Å². The first-order chi connectivity index (χ1) is 6.31. The third-order valence-electron chi connectivity index (χ3n) is 3.50. The zero-order valence-electron chi connectivity index (χ0n) is 10.4. The summed E-state index contributed by atoms with van der Waals surface area (Å²) in [7, 11) is -1.60. The first-order valence-corrected chi connectivity index (χ1v) is 8.65. The maximum Gasteiger partial charge on any atom is 0.412 e. The van der Waals surface area contributed by atoms with Gasteiger partial charge in [0.25, 0.3) is 0 Å². The minimum atomic E-state index is -4.28. The number of hydrogen-bond donors (Lipinski definition) is 0. The van der Waals surface area contributed by atoms with Crippen molar-refractivity contribution in [3.63, 3.8) is 0 Å². The van der Waals surface area contributed by atoms with E-state index in [1.165, 1.54) is 0 Å². The maximum absolute atomic E-state index is 12.6. The van der Waals surface area contributed by atoms with Gasteiger partial charge in [0.15, 0.2) is 0 Å². The van der Waals surface area contributed by atoms with Gasteiger partial charge in [-0.2, -0.15) is 13.2 Å². The molecule has 0 aliphatic heterocycles. The molecule has 0 amide bonds. The van der Waals surface area contributed by atoms with Gasteiger partial charge in [0.2, 0.25) is 0 Å². The van der Waals surface area contributed by atoms with Gasteiger partial charge in [-0.15, -0.1) is 0 Å². The van der Waals surface area contributed by atoms with Crippen LogP contribution < -0.4 is 0 Å². The first kappa shape index (κ1) is 14.7. The third-order valence-corrected chi connectivity index (χ3v) is 6.82. The highest BCUT2D eigenvalue weighted by Crippen LogP contribution is 2.49. The zero-order chi connectivity index (χ0) is 12.7. The van der Waals surface area contributed by atoms with Gasteiger partial charge < -0.3 is 0 Å². The molecule has 15 heavy (non-hydrogen) atoms. The summed E-state index contributed by atoms with van der Waals surface area (Å²) >= 11 is 0. The Balaban J connectivity index is 5.08. The van der Waals surface area contributed by atoms with E-state index < -0.39 is 25.2 Å². The molecule has 0 saturated heterocycles. The Bertz CT molecular complexity index is 246. The highest BCUT2D eigenvalue weighted by atomic mass is 28.3. The largest absolute Gasteiger partial charge is 0.412 e. The second-order valence-corrected chi connectivity index (χ2v) is 11.4. The van der Waals surface area contributed by atoms with Crippen molar-refractivity contribution in [2.45, 2.75) is 52.1 Å². The summed E-state index contributed by atoms with van der Waals surface area (Å²) in [5.41, 5.74) is -1.44. The Morgan fingerprint density at radius 3 is 1.67 bits per heavy atom. The number of allylic oxidation sites excluding steroid dienone is 1. The van der Waals surface area contributed by atoms with Crippen molar-refractivity contribution in [3.05, 3.63) is 12.2 Å². The lowest BCUT2D eigenvalue weighted by molar-refractivity contribution is -0.105. The van der Waals surface area contributed by atoms with Crippen LogP contribution in [0.4, 0.5) is 13.2 Å². The normalized spacial score (nSPS) is 16.3. The van der Waals surface area contributed by atoms with Crippen LogP contribution in [0.2, 0.25) is 25.2 Å². The Labute approximate surface area is 91.6 Å². The molecule has 1 unspecified atom stereocenters. The molecule has 0 aromatic carbocycles. The van der Waals surface area contributed by atoms with Crippen molar-refractivity contribution in [1.29, 1.82) is 0 Å². The molecule has 0 aliphatic rings. The quantitative estimate of drug-likeness (QED) is 0.486. The molecule has 0 aliphatic carbocycles. The van der Waals surface area contributed by atoms with Crippen LogP contribution in [0.25, 0.3) is 0 Å². The topological polar surface area (TPSA) is 0 Å². The van der Waals surface area contributed by atoms with Gasteiger partial charge in [-0.3, -0.25) is 0 Å². The standard InChI is InChI=1S/C11H21F3Si/c1-8(11(12,13)14)10(3,4)9(2)15(5,6)7/h9H,1H2,2-7H3. The molecule has 0 N–H and O–H groups in total. The van der Waals surface area contributed by atoms with Crippen LogP contribution in [0, 0.1) is 5.41 Å². The molecule has 0 saturated carbocycles. The fourth-order valence-corrected chi connectivity index (χ4v) is 4.05. The first-order valence-electron chi connectivity index (χ1n) is 5.08. The number of halogens is 3. The van der Waals surface area contributed by atoms with Gasteiger partial charge in [0.05, 0.1) is 0 Å². The van der Waals surface area contributed by atoms with E-state index in [0.29, 0.717) is 0 Å². The van der Waals surface area contributed by atoms with E-state index in [9.17, 15) is 13.2 Å². The van der Waals surface area contributed by atoms with Crippen LogP contribution in [0.15, 0.2) is 12.2 Å². The van der Waals surface area contributed by atoms with Crippen molar-refractivity contribution in [1.82, 2.24) is 0 Å². The molecule has 0 aromatic rings. The molecular formula is C11H21F3Si. The Morgan fingerprint density at radius 1 is 1.13 bits per heavy atom. The van der Waals surface area contributed by atoms with Crippen LogP contribution in [0.1, 0.15) is 20.8 Å². The molecule has 0 spiro atoms. The molecule has 0 radical (unpaired) electrons. The van der Waals surface area contributed by atoms with Crippen molar-refractivity contribution in [2.24, 2.45) is 5.41 Å². The van der Waals surface area contributed by atoms with E-state index >= 15 is 0 Å². The fraction of sp³-hybridized carbons (Fsp3) is 0.818. The molecule has 0 fully saturated rings. The minimum absolute atomic E-state index is 0.0409. The van der Waals surface area contributed by atoms with Gasteiger partial charge in [0, 0.05) is 13.6 Å². The van der Waals surface area contributed by atoms with E-state index in [-0.39, 0.29) is 5.54 Å². The summed E-state index contributed by atoms with van der Waals surface area (Å²) in [6.45, 7) is 14.7. The van der Waals surface area contributed by atoms with Crippen molar-refractivity contribution >= 4 is 8.07 Å². The van der Waals surface area contributed by atoms with Gasteiger partial charge in [-0.1, -0.05) is 47.0 Å². The summed E-state index contributed by atoms with van der Waals surface area (Å²) in [5.74, 6) is 0. The Hall–Kier alpha value is -0.253. The second-order valence-electron chi connectivity index (χ2n) is 5.79. The molecule has 0 heterocycles. The van der Waals surface area contributed by atoms with E-state index in [0.717, 1.165) is 0 Å².